The largest absolute Gasteiger partial charge is 0.340 e. The van der Waals surface area contributed by atoms with Crippen LogP contribution in [-0.2, 0) is 0 Å². The molecule has 2 aliphatic heterocycles. The number of hydrogen-bond acceptors (Lipinski definition) is 4. The van der Waals surface area contributed by atoms with Gasteiger partial charge in [0.2, 0.25) is 5.95 Å². The minimum Gasteiger partial charge on any atom is -0.340 e. The number of piperidine rings is 2. The number of carbonyl (C=O) groups is 1. The average molecular weight is 469 g/mol. The van der Waals surface area contributed by atoms with Crippen LogP contribution < -0.4 is 4.90 Å². The van der Waals surface area contributed by atoms with Crippen molar-refractivity contribution in [2.45, 2.75) is 6.42 Å². The molecule has 0 saturated carbocycles. The molecule has 3 heterocycles. The monoisotopic (exact) mass is 468 g/mol. The maximum Gasteiger partial charge on any atom is 0.254 e. The number of para-hydroxylation sites is 1. The molecule has 1 amide bonds. The van der Waals surface area contributed by atoms with Gasteiger partial charge in [0.05, 0.1) is 5.52 Å². The highest BCUT2D eigenvalue weighted by atomic mass is 35.5. The van der Waals surface area contributed by atoms with Gasteiger partial charge >= 0.3 is 0 Å². The third kappa shape index (κ3) is 4.01. The van der Waals surface area contributed by atoms with Crippen molar-refractivity contribution in [2.75, 3.05) is 31.1 Å². The summed E-state index contributed by atoms with van der Waals surface area (Å²) in [5.41, 5.74) is 3.68. The van der Waals surface area contributed by atoms with E-state index < -0.39 is 0 Å². The van der Waals surface area contributed by atoms with E-state index in [-0.39, 0.29) is 5.91 Å². The Morgan fingerprint density at radius 2 is 1.56 bits per heavy atom. The van der Waals surface area contributed by atoms with Crippen LogP contribution >= 0.6 is 11.6 Å². The Kier molecular flexibility index (Phi) is 5.42. The second-order valence-electron chi connectivity index (χ2n) is 9.36. The Hall–Kier alpha value is -3.44. The van der Waals surface area contributed by atoms with Crippen LogP contribution in [0.2, 0.25) is 5.02 Å². The molecule has 2 aliphatic rings. The molecule has 2 saturated heterocycles. The number of amides is 1. The van der Waals surface area contributed by atoms with E-state index in [0.29, 0.717) is 16.9 Å². The fourth-order valence-electron chi connectivity index (χ4n) is 5.45. The first-order valence-electron chi connectivity index (χ1n) is 11.7. The van der Waals surface area contributed by atoms with E-state index in [0.717, 1.165) is 66.1 Å². The first kappa shape index (κ1) is 21.1. The van der Waals surface area contributed by atoms with Gasteiger partial charge in [-0.15, -0.1) is 0 Å². The van der Waals surface area contributed by atoms with Gasteiger partial charge in [-0.1, -0.05) is 60.1 Å². The number of fused-ring (bicyclic) bond motifs is 3. The highest BCUT2D eigenvalue weighted by Gasteiger charge is 2.37. The van der Waals surface area contributed by atoms with Gasteiger partial charge in [-0.05, 0) is 53.6 Å². The number of anilines is 1. The maximum absolute atomic E-state index is 13.7. The molecule has 0 spiro atoms. The first-order chi connectivity index (χ1) is 16.6. The molecule has 0 radical (unpaired) electrons. The fraction of sp³-hybridized carbons (Fsp3) is 0.250. The third-order valence-corrected chi connectivity index (χ3v) is 7.19. The summed E-state index contributed by atoms with van der Waals surface area (Å²) in [7, 11) is 0. The van der Waals surface area contributed by atoms with Gasteiger partial charge in [-0.25, -0.2) is 9.97 Å². The summed E-state index contributed by atoms with van der Waals surface area (Å²) in [5, 5.41) is 1.75. The van der Waals surface area contributed by atoms with Crippen molar-refractivity contribution < 1.29 is 4.79 Å². The number of rotatable bonds is 3. The number of aromatic nitrogens is 2. The average Bonchev–Trinajstić information content (AvgIpc) is 2.88. The predicted octanol–water partition coefficient (Wildman–Crippen LogP) is 5.55. The van der Waals surface area contributed by atoms with Crippen molar-refractivity contribution in [3.63, 3.8) is 0 Å². The third-order valence-electron chi connectivity index (χ3n) is 6.94. The van der Waals surface area contributed by atoms with Gasteiger partial charge in [0.1, 0.15) is 0 Å². The van der Waals surface area contributed by atoms with Gasteiger partial charge in [-0.3, -0.25) is 4.79 Å². The zero-order valence-corrected chi connectivity index (χ0v) is 19.5. The molecular formula is C28H25ClN4O. The normalized spacial score (nSPS) is 19.9. The van der Waals surface area contributed by atoms with E-state index in [1.807, 2.05) is 83.9 Å². The summed E-state index contributed by atoms with van der Waals surface area (Å²) < 4.78 is 0. The Balaban J connectivity index is 1.21. The summed E-state index contributed by atoms with van der Waals surface area (Å²) in [6.45, 7) is 3.26. The molecule has 2 unspecified atom stereocenters. The van der Waals surface area contributed by atoms with E-state index in [9.17, 15) is 4.79 Å². The van der Waals surface area contributed by atoms with Crippen molar-refractivity contribution in [1.29, 1.82) is 0 Å². The number of likely N-dealkylation sites (tertiary alicyclic amines) is 1. The number of halogens is 1. The zero-order valence-electron chi connectivity index (χ0n) is 18.8. The molecule has 2 fully saturated rings. The quantitative estimate of drug-likeness (QED) is 0.395. The van der Waals surface area contributed by atoms with Crippen LogP contribution in [0.3, 0.4) is 0 Å². The van der Waals surface area contributed by atoms with Crippen molar-refractivity contribution in [1.82, 2.24) is 14.9 Å². The first-order valence-corrected chi connectivity index (χ1v) is 12.1. The Morgan fingerprint density at radius 1 is 0.853 bits per heavy atom. The SMILES string of the molecule is O=C(c1ccccc1-c1ccc(Cl)cc1)N1CC2CC(C1)CN(c1ncc3ccccc3n1)C2. The Morgan fingerprint density at radius 3 is 2.35 bits per heavy atom. The summed E-state index contributed by atoms with van der Waals surface area (Å²) in [6, 6.07) is 23.6. The minimum atomic E-state index is 0.107. The van der Waals surface area contributed by atoms with Gasteiger partial charge in [0.25, 0.3) is 5.91 Å². The molecule has 5 nitrogen and oxygen atoms in total. The smallest absolute Gasteiger partial charge is 0.254 e. The van der Waals surface area contributed by atoms with Gasteiger partial charge in [-0.2, -0.15) is 0 Å². The van der Waals surface area contributed by atoms with Crippen molar-refractivity contribution in [3.8, 4) is 11.1 Å². The summed E-state index contributed by atoms with van der Waals surface area (Å²) in [5.74, 6) is 1.72. The van der Waals surface area contributed by atoms with Crippen LogP contribution in [0.1, 0.15) is 16.8 Å². The van der Waals surface area contributed by atoms with Crippen molar-refractivity contribution in [3.05, 3.63) is 89.6 Å². The van der Waals surface area contributed by atoms with Crippen LogP contribution in [0.25, 0.3) is 22.0 Å². The van der Waals surface area contributed by atoms with Crippen LogP contribution in [0.4, 0.5) is 5.95 Å². The number of carbonyl (C=O) groups excluding carboxylic acids is 1. The van der Waals surface area contributed by atoms with Gasteiger partial charge in [0, 0.05) is 48.3 Å². The summed E-state index contributed by atoms with van der Waals surface area (Å²) in [6.07, 6.45) is 3.05. The maximum atomic E-state index is 13.7. The molecule has 3 aromatic carbocycles. The lowest BCUT2D eigenvalue weighted by Gasteiger charge is -2.46. The topological polar surface area (TPSA) is 49.3 Å². The second kappa shape index (κ2) is 8.73. The van der Waals surface area contributed by atoms with E-state index in [2.05, 4.69) is 9.88 Å². The standard InChI is InChI=1S/C28H25ClN4O/c29-23-11-9-21(10-12-23)24-6-2-3-7-25(24)27(34)32-15-19-13-20(16-32)18-33(17-19)28-30-14-22-5-1-4-8-26(22)31-28/h1-12,14,19-20H,13,15-18H2. The lowest BCUT2D eigenvalue weighted by atomic mass is 9.84. The van der Waals surface area contributed by atoms with Crippen LogP contribution in [-0.4, -0.2) is 47.0 Å². The molecule has 0 N–H and O–H groups in total. The van der Waals surface area contributed by atoms with Crippen LogP contribution in [0, 0.1) is 11.8 Å². The lowest BCUT2D eigenvalue weighted by molar-refractivity contribution is 0.0564. The molecular weight excluding hydrogens is 444 g/mol. The number of benzene rings is 3. The van der Waals surface area contributed by atoms with Crippen molar-refractivity contribution in [2.24, 2.45) is 11.8 Å². The van der Waals surface area contributed by atoms with E-state index in [1.54, 1.807) is 0 Å². The molecule has 2 atom stereocenters. The Bertz CT molecular complexity index is 1340. The number of nitrogens with zero attached hydrogens (tertiary/aromatic N) is 4. The van der Waals surface area contributed by atoms with Crippen LogP contribution in [0.15, 0.2) is 79.0 Å². The van der Waals surface area contributed by atoms with E-state index in [4.69, 9.17) is 16.6 Å². The molecule has 4 aromatic rings. The highest BCUT2D eigenvalue weighted by Crippen LogP contribution is 2.33. The van der Waals surface area contributed by atoms with E-state index >= 15 is 0 Å². The van der Waals surface area contributed by atoms with Gasteiger partial charge < -0.3 is 9.80 Å². The second-order valence-corrected chi connectivity index (χ2v) is 9.80. The highest BCUT2D eigenvalue weighted by molar-refractivity contribution is 6.30. The predicted molar refractivity (Wildman–Crippen MR) is 136 cm³/mol. The molecule has 2 bridgehead atoms. The molecule has 170 valence electrons. The molecule has 6 rings (SSSR count). The lowest BCUT2D eigenvalue weighted by Crippen LogP contribution is -2.54. The van der Waals surface area contributed by atoms with Crippen molar-refractivity contribution >= 4 is 34.4 Å². The molecule has 6 heteroatoms. The van der Waals surface area contributed by atoms with Gasteiger partial charge in [0.15, 0.2) is 0 Å². The zero-order chi connectivity index (χ0) is 23.1. The summed E-state index contributed by atoms with van der Waals surface area (Å²) in [4.78, 5) is 27.4. The Labute approximate surface area is 204 Å². The summed E-state index contributed by atoms with van der Waals surface area (Å²) >= 11 is 6.07. The number of hydrogen-bond donors (Lipinski definition) is 0. The fourth-order valence-corrected chi connectivity index (χ4v) is 5.57. The minimum absolute atomic E-state index is 0.107. The van der Waals surface area contributed by atoms with E-state index in [1.165, 1.54) is 0 Å². The molecule has 1 aromatic heterocycles. The molecule has 34 heavy (non-hydrogen) atoms. The van der Waals surface area contributed by atoms with Crippen LogP contribution in [0.5, 0.6) is 0 Å². The molecule has 0 aliphatic carbocycles.